The molecule has 1 atom stereocenters. The van der Waals surface area contributed by atoms with Crippen LogP contribution in [0.3, 0.4) is 0 Å². The first-order valence-corrected chi connectivity index (χ1v) is 8.82. The van der Waals surface area contributed by atoms with Crippen molar-refractivity contribution in [2.75, 3.05) is 27.9 Å². The molecule has 2 aromatic rings. The van der Waals surface area contributed by atoms with Gasteiger partial charge in [-0.15, -0.1) is 0 Å². The minimum absolute atomic E-state index is 0.0179. The number of ether oxygens (including phenoxy) is 4. The molecule has 0 fully saturated rings. The largest absolute Gasteiger partial charge is 0.497 e. The second-order valence-electron chi connectivity index (χ2n) is 6.14. The van der Waals surface area contributed by atoms with E-state index in [0.717, 1.165) is 17.1 Å². The summed E-state index contributed by atoms with van der Waals surface area (Å²) < 4.78 is 21.3. The molecule has 0 unspecified atom stereocenters. The quantitative estimate of drug-likeness (QED) is 0.693. The topological polar surface area (TPSA) is 66.0 Å². The van der Waals surface area contributed by atoms with Crippen LogP contribution >= 0.6 is 0 Å². The number of rotatable bonds is 10. The molecule has 1 N–H and O–H groups in total. The van der Waals surface area contributed by atoms with Gasteiger partial charge in [-0.1, -0.05) is 6.07 Å². The van der Waals surface area contributed by atoms with Gasteiger partial charge in [-0.05, 0) is 55.3 Å². The van der Waals surface area contributed by atoms with E-state index in [9.17, 15) is 4.79 Å². The van der Waals surface area contributed by atoms with E-state index in [1.165, 1.54) is 0 Å². The van der Waals surface area contributed by atoms with Crippen molar-refractivity contribution >= 4 is 5.91 Å². The van der Waals surface area contributed by atoms with Crippen LogP contribution in [0, 0.1) is 0 Å². The second-order valence-corrected chi connectivity index (χ2v) is 6.14. The summed E-state index contributed by atoms with van der Waals surface area (Å²) in [4.78, 5) is 12.2. The molecule has 2 aromatic carbocycles. The van der Waals surface area contributed by atoms with Crippen molar-refractivity contribution in [2.45, 2.75) is 25.8 Å². The van der Waals surface area contributed by atoms with Crippen molar-refractivity contribution in [3.8, 4) is 23.0 Å². The number of hydrogen-bond acceptors (Lipinski definition) is 5. The molecule has 0 aliphatic rings. The van der Waals surface area contributed by atoms with Crippen molar-refractivity contribution in [1.29, 1.82) is 0 Å². The number of hydrogen-bond donors (Lipinski definition) is 1. The molecule has 0 saturated carbocycles. The Kier molecular flexibility index (Phi) is 7.79. The van der Waals surface area contributed by atoms with E-state index in [1.54, 1.807) is 21.3 Å². The predicted molar refractivity (Wildman–Crippen MR) is 104 cm³/mol. The molecule has 0 radical (unpaired) electrons. The van der Waals surface area contributed by atoms with Gasteiger partial charge in [-0.3, -0.25) is 4.79 Å². The van der Waals surface area contributed by atoms with E-state index in [2.05, 4.69) is 5.32 Å². The molecule has 0 aromatic heterocycles. The smallest absolute Gasteiger partial charge is 0.220 e. The average Bonchev–Trinajstić information content (AvgIpc) is 2.70. The number of aryl methyl sites for hydroxylation is 1. The molecule has 146 valence electrons. The highest BCUT2D eigenvalue weighted by molar-refractivity contribution is 5.76. The van der Waals surface area contributed by atoms with Gasteiger partial charge in [0.15, 0.2) is 11.5 Å². The molecule has 6 heteroatoms. The summed E-state index contributed by atoms with van der Waals surface area (Å²) >= 11 is 0. The zero-order chi connectivity index (χ0) is 19.6. The molecule has 0 aliphatic carbocycles. The fourth-order valence-corrected chi connectivity index (χ4v) is 2.58. The van der Waals surface area contributed by atoms with Gasteiger partial charge >= 0.3 is 0 Å². The summed E-state index contributed by atoms with van der Waals surface area (Å²) in [6.45, 7) is 2.31. The zero-order valence-electron chi connectivity index (χ0n) is 16.3. The van der Waals surface area contributed by atoms with E-state index in [-0.39, 0.29) is 11.9 Å². The molecule has 0 bridgehead atoms. The molecule has 27 heavy (non-hydrogen) atoms. The second kappa shape index (κ2) is 10.3. The normalized spacial score (nSPS) is 11.4. The van der Waals surface area contributed by atoms with Gasteiger partial charge in [0.1, 0.15) is 18.1 Å². The fraction of sp³-hybridized carbons (Fsp3) is 0.381. The Hall–Kier alpha value is -2.89. The first-order valence-electron chi connectivity index (χ1n) is 8.82. The van der Waals surface area contributed by atoms with Gasteiger partial charge in [0.2, 0.25) is 5.91 Å². The summed E-state index contributed by atoms with van der Waals surface area (Å²) in [7, 11) is 4.81. The van der Waals surface area contributed by atoms with Crippen LogP contribution in [0.25, 0.3) is 0 Å². The predicted octanol–water partition coefficient (Wildman–Crippen LogP) is 3.23. The number of carbonyl (C=O) groups excluding carboxylic acids is 1. The Morgan fingerprint density at radius 1 is 0.926 bits per heavy atom. The van der Waals surface area contributed by atoms with Crippen molar-refractivity contribution in [2.24, 2.45) is 0 Å². The van der Waals surface area contributed by atoms with Crippen LogP contribution in [0.2, 0.25) is 0 Å². The van der Waals surface area contributed by atoms with E-state index in [4.69, 9.17) is 18.9 Å². The van der Waals surface area contributed by atoms with E-state index in [1.807, 2.05) is 49.4 Å². The van der Waals surface area contributed by atoms with Gasteiger partial charge in [0.05, 0.1) is 27.4 Å². The highest BCUT2D eigenvalue weighted by atomic mass is 16.5. The third kappa shape index (κ3) is 6.40. The Labute approximate surface area is 160 Å². The van der Waals surface area contributed by atoms with Crippen molar-refractivity contribution < 1.29 is 23.7 Å². The molecule has 1 amide bonds. The Balaban J connectivity index is 1.75. The third-order valence-corrected chi connectivity index (χ3v) is 4.06. The number of methoxy groups -OCH3 is 3. The summed E-state index contributed by atoms with van der Waals surface area (Å²) in [5, 5.41) is 2.95. The minimum atomic E-state index is -0.0926. The Morgan fingerprint density at radius 3 is 2.22 bits per heavy atom. The van der Waals surface area contributed by atoms with Crippen LogP contribution in [0.5, 0.6) is 23.0 Å². The van der Waals surface area contributed by atoms with Gasteiger partial charge < -0.3 is 24.3 Å². The van der Waals surface area contributed by atoms with Crippen LogP contribution in [-0.2, 0) is 11.2 Å². The van der Waals surface area contributed by atoms with Gasteiger partial charge in [0, 0.05) is 6.42 Å². The Morgan fingerprint density at radius 2 is 1.59 bits per heavy atom. The van der Waals surface area contributed by atoms with Crippen molar-refractivity contribution in [3.63, 3.8) is 0 Å². The van der Waals surface area contributed by atoms with Crippen molar-refractivity contribution in [1.82, 2.24) is 5.32 Å². The zero-order valence-corrected chi connectivity index (χ0v) is 16.3. The lowest BCUT2D eigenvalue weighted by molar-refractivity contribution is -0.121. The maximum atomic E-state index is 12.2. The monoisotopic (exact) mass is 373 g/mol. The number of carbonyl (C=O) groups is 1. The fourth-order valence-electron chi connectivity index (χ4n) is 2.58. The number of nitrogens with one attached hydrogen (secondary N) is 1. The highest BCUT2D eigenvalue weighted by Gasteiger charge is 2.10. The van der Waals surface area contributed by atoms with E-state index in [0.29, 0.717) is 30.9 Å². The molecular formula is C21H27NO5. The van der Waals surface area contributed by atoms with Crippen LogP contribution in [0.1, 0.15) is 18.9 Å². The highest BCUT2D eigenvalue weighted by Crippen LogP contribution is 2.27. The Bertz CT molecular complexity index is 730. The molecule has 2 rings (SSSR count). The van der Waals surface area contributed by atoms with E-state index >= 15 is 0 Å². The summed E-state index contributed by atoms with van der Waals surface area (Å²) in [5.74, 6) is 2.84. The van der Waals surface area contributed by atoms with Crippen LogP contribution in [0.4, 0.5) is 0 Å². The first kappa shape index (κ1) is 20.4. The van der Waals surface area contributed by atoms with Crippen LogP contribution in [0.15, 0.2) is 42.5 Å². The summed E-state index contributed by atoms with van der Waals surface area (Å²) in [6.07, 6.45) is 1.01. The van der Waals surface area contributed by atoms with Crippen LogP contribution < -0.4 is 24.3 Å². The maximum absolute atomic E-state index is 12.2. The first-order chi connectivity index (χ1) is 13.0. The molecule has 0 heterocycles. The van der Waals surface area contributed by atoms with Gasteiger partial charge in [0.25, 0.3) is 0 Å². The lowest BCUT2D eigenvalue weighted by atomic mass is 10.1. The molecule has 0 aliphatic heterocycles. The lowest BCUT2D eigenvalue weighted by Crippen LogP contribution is -2.36. The number of amides is 1. The van der Waals surface area contributed by atoms with Gasteiger partial charge in [-0.25, -0.2) is 0 Å². The third-order valence-electron chi connectivity index (χ3n) is 4.06. The van der Waals surface area contributed by atoms with Crippen molar-refractivity contribution in [3.05, 3.63) is 48.0 Å². The number of benzene rings is 2. The SMILES string of the molecule is COc1ccc(OC[C@@H](C)NC(=O)CCc2ccc(OC)c(OC)c2)cc1. The van der Waals surface area contributed by atoms with Gasteiger partial charge in [-0.2, -0.15) is 0 Å². The average molecular weight is 373 g/mol. The maximum Gasteiger partial charge on any atom is 0.220 e. The standard InChI is InChI=1S/C21H27NO5/c1-15(14-27-18-9-7-17(24-2)8-10-18)22-21(23)12-6-16-5-11-19(25-3)20(13-16)26-4/h5,7-11,13,15H,6,12,14H2,1-4H3,(H,22,23)/t15-/m1/s1. The lowest BCUT2D eigenvalue weighted by Gasteiger charge is -2.15. The summed E-state index contributed by atoms with van der Waals surface area (Å²) in [6, 6.07) is 12.9. The summed E-state index contributed by atoms with van der Waals surface area (Å²) in [5.41, 5.74) is 1.02. The minimum Gasteiger partial charge on any atom is -0.497 e. The van der Waals surface area contributed by atoms with E-state index < -0.39 is 0 Å². The molecule has 0 spiro atoms. The molecule has 6 nitrogen and oxygen atoms in total. The molecular weight excluding hydrogens is 346 g/mol. The molecule has 0 saturated heterocycles. The van der Waals surface area contributed by atoms with Crippen LogP contribution in [-0.4, -0.2) is 39.9 Å².